The molecule has 0 aliphatic carbocycles. The topological polar surface area (TPSA) is 146 Å². The Balaban J connectivity index is 1.86. The van der Waals surface area contributed by atoms with E-state index in [9.17, 15) is 14.4 Å². The van der Waals surface area contributed by atoms with E-state index >= 15 is 0 Å². The van der Waals surface area contributed by atoms with E-state index in [-0.39, 0.29) is 55.1 Å². The van der Waals surface area contributed by atoms with E-state index in [0.717, 1.165) is 5.56 Å². The van der Waals surface area contributed by atoms with Crippen LogP contribution < -0.4 is 27.2 Å². The number of halogens is 1. The number of hydrogen-bond donors (Lipinski definition) is 3. The van der Waals surface area contributed by atoms with Crippen LogP contribution in [0.4, 0.5) is 17.2 Å². The van der Waals surface area contributed by atoms with Crippen molar-refractivity contribution >= 4 is 34.7 Å². The number of hydrogen-bond acceptors (Lipinski definition) is 7. The van der Waals surface area contributed by atoms with Crippen molar-refractivity contribution in [1.29, 1.82) is 5.26 Å². The molecule has 182 valence electrons. The van der Waals surface area contributed by atoms with Gasteiger partial charge in [0.15, 0.2) is 0 Å². The third-order valence-electron chi connectivity index (χ3n) is 5.25. The molecule has 3 rings (SSSR count). The van der Waals surface area contributed by atoms with Gasteiger partial charge >= 0.3 is 5.69 Å². The van der Waals surface area contributed by atoms with Crippen LogP contribution in [0.2, 0.25) is 5.02 Å². The van der Waals surface area contributed by atoms with Crippen molar-refractivity contribution < 1.29 is 9.53 Å². The van der Waals surface area contributed by atoms with Gasteiger partial charge in [0.2, 0.25) is 5.91 Å². The number of benzene rings is 2. The van der Waals surface area contributed by atoms with Gasteiger partial charge in [0.25, 0.3) is 5.56 Å². The van der Waals surface area contributed by atoms with E-state index < -0.39 is 11.2 Å². The molecule has 3 aromatic rings. The maximum absolute atomic E-state index is 12.8. The molecule has 1 aromatic heterocycles. The van der Waals surface area contributed by atoms with Crippen molar-refractivity contribution in [2.75, 3.05) is 36.2 Å². The maximum atomic E-state index is 12.8. The van der Waals surface area contributed by atoms with E-state index in [4.69, 9.17) is 27.3 Å². The number of carbonyl (C=O) groups is 1. The number of aromatic nitrogens is 2. The Bertz CT molecular complexity index is 1350. The molecule has 0 fully saturated rings. The first-order valence-corrected chi connectivity index (χ1v) is 11.1. The molecule has 0 saturated heterocycles. The number of methoxy groups -OCH3 is 1. The highest BCUT2D eigenvalue weighted by Gasteiger charge is 2.20. The lowest BCUT2D eigenvalue weighted by Gasteiger charge is -2.26. The van der Waals surface area contributed by atoms with Crippen LogP contribution in [0.1, 0.15) is 17.5 Å². The molecule has 4 N–H and O–H groups in total. The highest BCUT2D eigenvalue weighted by atomic mass is 35.5. The summed E-state index contributed by atoms with van der Waals surface area (Å²) in [6.45, 7) is 0.807. The number of nitrogens with two attached hydrogens (primary N) is 1. The second-order valence-corrected chi connectivity index (χ2v) is 8.06. The van der Waals surface area contributed by atoms with E-state index in [2.05, 4.69) is 10.3 Å². The van der Waals surface area contributed by atoms with Crippen LogP contribution in [0, 0.1) is 11.3 Å². The number of carbonyl (C=O) groups excluding carboxylic acids is 1. The first kappa shape index (κ1) is 25.6. The molecule has 0 bridgehead atoms. The standard InChI is InChI=1S/C24H25ClN6O4/c1-35-12-11-31-22(27)21(23(33)29-24(31)34)30(15-16-5-3-2-4-6-16)10-9-20(32)28-18-8-7-17(14-26)19(25)13-18/h2-8,13H,9-12,15,27H2,1H3,(H,28,32)(H,29,33,34). The number of nitrogens with one attached hydrogen (secondary N) is 2. The molecule has 1 amide bonds. The van der Waals surface area contributed by atoms with Gasteiger partial charge in [-0.15, -0.1) is 0 Å². The van der Waals surface area contributed by atoms with E-state index in [1.54, 1.807) is 11.0 Å². The van der Waals surface area contributed by atoms with Crippen LogP contribution in [0.15, 0.2) is 58.1 Å². The first-order chi connectivity index (χ1) is 16.8. The summed E-state index contributed by atoms with van der Waals surface area (Å²) in [5, 5.41) is 12.0. The quantitative estimate of drug-likeness (QED) is 0.390. The monoisotopic (exact) mass is 496 g/mol. The molecular weight excluding hydrogens is 472 g/mol. The summed E-state index contributed by atoms with van der Waals surface area (Å²) in [5.74, 6) is -0.336. The minimum atomic E-state index is -0.642. The molecule has 10 nitrogen and oxygen atoms in total. The summed E-state index contributed by atoms with van der Waals surface area (Å²) in [6.07, 6.45) is 0.0144. The van der Waals surface area contributed by atoms with Crippen molar-refractivity contribution in [3.63, 3.8) is 0 Å². The molecule has 11 heteroatoms. The van der Waals surface area contributed by atoms with Gasteiger partial charge in [0.1, 0.15) is 17.6 Å². The van der Waals surface area contributed by atoms with Crippen LogP contribution >= 0.6 is 11.6 Å². The summed E-state index contributed by atoms with van der Waals surface area (Å²) < 4.78 is 6.27. The molecule has 35 heavy (non-hydrogen) atoms. The van der Waals surface area contributed by atoms with Crippen LogP contribution in [0.3, 0.4) is 0 Å². The molecule has 0 aliphatic heterocycles. The van der Waals surface area contributed by atoms with Gasteiger partial charge in [0.05, 0.1) is 23.7 Å². The van der Waals surface area contributed by atoms with Crippen LogP contribution in [-0.2, 0) is 22.6 Å². The number of nitriles is 1. The van der Waals surface area contributed by atoms with E-state index in [1.165, 1.54) is 23.8 Å². The predicted molar refractivity (Wildman–Crippen MR) is 135 cm³/mol. The van der Waals surface area contributed by atoms with E-state index in [0.29, 0.717) is 11.3 Å². The summed E-state index contributed by atoms with van der Waals surface area (Å²) in [6, 6.07) is 15.9. The van der Waals surface area contributed by atoms with Crippen molar-refractivity contribution in [3.8, 4) is 6.07 Å². The number of nitrogens with zero attached hydrogens (tertiary/aromatic N) is 3. The van der Waals surface area contributed by atoms with Gasteiger partial charge in [-0.1, -0.05) is 41.9 Å². The molecule has 1 heterocycles. The Hall–Kier alpha value is -4.07. The average molecular weight is 497 g/mol. The van der Waals surface area contributed by atoms with Gasteiger partial charge in [-0.25, -0.2) is 4.79 Å². The Morgan fingerprint density at radius 3 is 2.66 bits per heavy atom. The zero-order valence-corrected chi connectivity index (χ0v) is 19.8. The molecule has 0 spiro atoms. The Morgan fingerprint density at radius 1 is 1.26 bits per heavy atom. The lowest BCUT2D eigenvalue weighted by Crippen LogP contribution is -2.39. The fourth-order valence-corrected chi connectivity index (χ4v) is 3.73. The lowest BCUT2D eigenvalue weighted by molar-refractivity contribution is -0.116. The van der Waals surface area contributed by atoms with Crippen molar-refractivity contribution in [2.45, 2.75) is 19.5 Å². The Labute approximate surface area is 206 Å². The smallest absolute Gasteiger partial charge is 0.330 e. The molecule has 0 radical (unpaired) electrons. The summed E-state index contributed by atoms with van der Waals surface area (Å²) in [4.78, 5) is 41.7. The fourth-order valence-electron chi connectivity index (χ4n) is 3.50. The SMILES string of the molecule is COCCn1c(N)c(N(CCC(=O)Nc2ccc(C#N)c(Cl)c2)Cc2ccccc2)c(=O)[nH]c1=O. The summed E-state index contributed by atoms with van der Waals surface area (Å²) in [7, 11) is 1.50. The number of H-pyrrole nitrogens is 1. The van der Waals surface area contributed by atoms with Gasteiger partial charge < -0.3 is 20.7 Å². The number of nitrogen functional groups attached to an aromatic ring is 1. The second-order valence-electron chi connectivity index (χ2n) is 7.65. The minimum Gasteiger partial charge on any atom is -0.383 e. The zero-order valence-electron chi connectivity index (χ0n) is 19.1. The summed E-state index contributed by atoms with van der Waals surface area (Å²) >= 11 is 6.04. The number of rotatable bonds is 10. The van der Waals surface area contributed by atoms with Crippen LogP contribution in [0.5, 0.6) is 0 Å². The third kappa shape index (κ3) is 6.50. The molecule has 2 aromatic carbocycles. The molecular formula is C24H25ClN6O4. The minimum absolute atomic E-state index is 0.00832. The van der Waals surface area contributed by atoms with Crippen molar-refractivity contribution in [2.24, 2.45) is 0 Å². The van der Waals surface area contributed by atoms with Gasteiger partial charge in [0, 0.05) is 32.3 Å². The maximum Gasteiger partial charge on any atom is 0.330 e. The molecule has 0 unspecified atom stereocenters. The fraction of sp³-hybridized carbons (Fsp3) is 0.250. The molecule has 0 saturated carbocycles. The predicted octanol–water partition coefficient (Wildman–Crippen LogP) is 2.33. The Kier molecular flexibility index (Phi) is 8.67. The van der Waals surface area contributed by atoms with Crippen LogP contribution in [-0.4, -0.2) is 35.7 Å². The number of ether oxygens (including phenoxy) is 1. The largest absolute Gasteiger partial charge is 0.383 e. The third-order valence-corrected chi connectivity index (χ3v) is 5.56. The second kappa shape index (κ2) is 11.9. The van der Waals surface area contributed by atoms with Crippen LogP contribution in [0.25, 0.3) is 0 Å². The Morgan fingerprint density at radius 2 is 2.00 bits per heavy atom. The first-order valence-electron chi connectivity index (χ1n) is 10.7. The lowest BCUT2D eigenvalue weighted by atomic mass is 10.2. The average Bonchev–Trinajstić information content (AvgIpc) is 2.83. The van der Waals surface area contributed by atoms with Crippen molar-refractivity contribution in [1.82, 2.24) is 9.55 Å². The molecule has 0 aliphatic rings. The number of amides is 1. The number of anilines is 3. The van der Waals surface area contributed by atoms with E-state index in [1.807, 2.05) is 36.4 Å². The summed E-state index contributed by atoms with van der Waals surface area (Å²) in [5.41, 5.74) is 6.71. The zero-order chi connectivity index (χ0) is 25.4. The normalized spacial score (nSPS) is 10.5. The highest BCUT2D eigenvalue weighted by molar-refractivity contribution is 6.32. The van der Waals surface area contributed by atoms with Crippen molar-refractivity contribution in [3.05, 3.63) is 85.5 Å². The highest BCUT2D eigenvalue weighted by Crippen LogP contribution is 2.22. The van der Waals surface area contributed by atoms with Gasteiger partial charge in [-0.3, -0.25) is 19.1 Å². The molecule has 0 atom stereocenters. The van der Waals surface area contributed by atoms with Gasteiger partial charge in [-0.05, 0) is 23.8 Å². The number of aromatic amines is 1. The van der Waals surface area contributed by atoms with Gasteiger partial charge in [-0.2, -0.15) is 5.26 Å².